The fraction of sp³-hybridized carbons (Fsp3) is 0.714. The van der Waals surface area contributed by atoms with Gasteiger partial charge in [0.2, 0.25) is 10.0 Å². The molecule has 1 aliphatic heterocycles. The van der Waals surface area contributed by atoms with Crippen LogP contribution in [-0.2, 0) is 17.1 Å². The number of nitrogens with zero attached hydrogens (tertiary/aromatic N) is 2. The van der Waals surface area contributed by atoms with Crippen LogP contribution >= 0.6 is 0 Å². The minimum atomic E-state index is -3.37. The van der Waals surface area contributed by atoms with Crippen LogP contribution in [0.3, 0.4) is 0 Å². The SMILES string of the molecule is CCCCN(CC1CCCN1)S(=O)(=O)c1ccn(C)c1. The summed E-state index contributed by atoms with van der Waals surface area (Å²) < 4.78 is 28.9. The molecular weight excluding hydrogens is 274 g/mol. The zero-order chi connectivity index (χ0) is 14.6. The average molecular weight is 299 g/mol. The van der Waals surface area contributed by atoms with Crippen LogP contribution in [0.5, 0.6) is 0 Å². The molecule has 0 saturated carbocycles. The topological polar surface area (TPSA) is 54.3 Å². The number of hydrogen-bond acceptors (Lipinski definition) is 3. The monoisotopic (exact) mass is 299 g/mol. The van der Waals surface area contributed by atoms with E-state index < -0.39 is 10.0 Å². The fourth-order valence-electron chi connectivity index (χ4n) is 2.58. The van der Waals surface area contributed by atoms with Gasteiger partial charge in [-0.1, -0.05) is 13.3 Å². The average Bonchev–Trinajstić information content (AvgIpc) is 3.05. The molecule has 1 aromatic rings. The number of rotatable bonds is 7. The van der Waals surface area contributed by atoms with Gasteiger partial charge in [0, 0.05) is 38.6 Å². The Kier molecular flexibility index (Phi) is 5.23. The van der Waals surface area contributed by atoms with Crippen molar-refractivity contribution in [3.05, 3.63) is 18.5 Å². The second kappa shape index (κ2) is 6.74. The van der Waals surface area contributed by atoms with Gasteiger partial charge in [-0.3, -0.25) is 0 Å². The first-order valence-electron chi connectivity index (χ1n) is 7.39. The van der Waals surface area contributed by atoms with Crippen LogP contribution in [-0.4, -0.2) is 43.0 Å². The molecule has 20 heavy (non-hydrogen) atoms. The normalized spacial score (nSPS) is 19.9. The van der Waals surface area contributed by atoms with Crippen molar-refractivity contribution in [2.24, 2.45) is 7.05 Å². The van der Waals surface area contributed by atoms with Gasteiger partial charge < -0.3 is 9.88 Å². The predicted octanol–water partition coefficient (Wildman–Crippen LogP) is 1.57. The smallest absolute Gasteiger partial charge is 0.244 e. The molecule has 0 amide bonds. The van der Waals surface area contributed by atoms with Crippen LogP contribution in [0.4, 0.5) is 0 Å². The number of sulfonamides is 1. The van der Waals surface area contributed by atoms with Gasteiger partial charge >= 0.3 is 0 Å². The summed E-state index contributed by atoms with van der Waals surface area (Å²) in [5.74, 6) is 0. The summed E-state index contributed by atoms with van der Waals surface area (Å²) in [5.41, 5.74) is 0. The Morgan fingerprint density at radius 3 is 2.85 bits per heavy atom. The summed E-state index contributed by atoms with van der Waals surface area (Å²) in [6.07, 6.45) is 7.55. The van der Waals surface area contributed by atoms with Gasteiger partial charge in [0.05, 0.1) is 4.90 Å². The van der Waals surface area contributed by atoms with E-state index in [1.54, 1.807) is 27.3 Å². The molecule has 1 atom stereocenters. The van der Waals surface area contributed by atoms with Crippen LogP contribution in [0.2, 0.25) is 0 Å². The molecule has 0 spiro atoms. The van der Waals surface area contributed by atoms with Gasteiger partial charge in [0.15, 0.2) is 0 Å². The molecule has 0 aromatic carbocycles. The molecule has 2 heterocycles. The maximum atomic E-state index is 12.7. The van der Waals surface area contributed by atoms with E-state index in [0.717, 1.165) is 32.2 Å². The molecule has 114 valence electrons. The molecule has 6 heteroatoms. The Bertz CT molecular complexity index is 518. The van der Waals surface area contributed by atoms with Crippen molar-refractivity contribution in [2.45, 2.75) is 43.5 Å². The highest BCUT2D eigenvalue weighted by atomic mass is 32.2. The van der Waals surface area contributed by atoms with Crippen LogP contribution < -0.4 is 5.32 Å². The maximum Gasteiger partial charge on any atom is 0.244 e. The molecule has 0 aliphatic carbocycles. The lowest BCUT2D eigenvalue weighted by atomic mass is 10.2. The Balaban J connectivity index is 2.15. The molecule has 0 bridgehead atoms. The summed E-state index contributed by atoms with van der Waals surface area (Å²) in [6.45, 7) is 4.27. The van der Waals surface area contributed by atoms with E-state index in [-0.39, 0.29) is 0 Å². The minimum Gasteiger partial charge on any atom is -0.356 e. The molecule has 1 aromatic heterocycles. The first-order valence-corrected chi connectivity index (χ1v) is 8.83. The number of unbranched alkanes of at least 4 members (excludes halogenated alkanes) is 1. The van der Waals surface area contributed by atoms with Gasteiger partial charge in [0.25, 0.3) is 0 Å². The lowest BCUT2D eigenvalue weighted by Crippen LogP contribution is -2.41. The van der Waals surface area contributed by atoms with E-state index in [4.69, 9.17) is 0 Å². The molecule has 1 N–H and O–H groups in total. The third kappa shape index (κ3) is 3.62. The van der Waals surface area contributed by atoms with E-state index >= 15 is 0 Å². The first-order chi connectivity index (χ1) is 9.54. The van der Waals surface area contributed by atoms with E-state index in [0.29, 0.717) is 24.0 Å². The maximum absolute atomic E-state index is 12.7. The molecule has 1 fully saturated rings. The molecule has 2 rings (SSSR count). The molecule has 1 saturated heterocycles. The lowest BCUT2D eigenvalue weighted by Gasteiger charge is -2.24. The molecular formula is C14H25N3O2S. The van der Waals surface area contributed by atoms with Gasteiger partial charge in [-0.2, -0.15) is 4.31 Å². The summed E-state index contributed by atoms with van der Waals surface area (Å²) >= 11 is 0. The third-order valence-electron chi connectivity index (χ3n) is 3.79. The van der Waals surface area contributed by atoms with Crippen LogP contribution in [0.15, 0.2) is 23.4 Å². The largest absolute Gasteiger partial charge is 0.356 e. The molecule has 1 aliphatic rings. The number of hydrogen-bond donors (Lipinski definition) is 1. The second-order valence-electron chi connectivity index (χ2n) is 5.52. The summed E-state index contributed by atoms with van der Waals surface area (Å²) in [6, 6.07) is 1.97. The Morgan fingerprint density at radius 1 is 1.50 bits per heavy atom. The molecule has 1 unspecified atom stereocenters. The van der Waals surface area contributed by atoms with Gasteiger partial charge in [-0.25, -0.2) is 8.42 Å². The standard InChI is InChI=1S/C14H25N3O2S/c1-3-4-9-17(11-13-6-5-8-15-13)20(18,19)14-7-10-16(2)12-14/h7,10,12-13,15H,3-6,8-9,11H2,1-2H3. The second-order valence-corrected chi connectivity index (χ2v) is 7.46. The van der Waals surface area contributed by atoms with E-state index in [1.165, 1.54) is 0 Å². The lowest BCUT2D eigenvalue weighted by molar-refractivity contribution is 0.364. The number of nitrogens with one attached hydrogen (secondary N) is 1. The van der Waals surface area contributed by atoms with Crippen molar-refractivity contribution < 1.29 is 8.42 Å². The zero-order valence-corrected chi connectivity index (χ0v) is 13.2. The fourth-order valence-corrected chi connectivity index (χ4v) is 4.16. The third-order valence-corrected chi connectivity index (χ3v) is 5.64. The van der Waals surface area contributed by atoms with E-state index in [2.05, 4.69) is 12.2 Å². The van der Waals surface area contributed by atoms with Crippen LogP contribution in [0, 0.1) is 0 Å². The number of aryl methyl sites for hydroxylation is 1. The first kappa shape index (κ1) is 15.5. The minimum absolute atomic E-state index is 0.297. The van der Waals surface area contributed by atoms with Crippen molar-refractivity contribution >= 4 is 10.0 Å². The zero-order valence-electron chi connectivity index (χ0n) is 12.4. The Hall–Kier alpha value is -0.850. The molecule has 0 radical (unpaired) electrons. The van der Waals surface area contributed by atoms with Crippen molar-refractivity contribution in [2.75, 3.05) is 19.6 Å². The Labute approximate surface area is 122 Å². The van der Waals surface area contributed by atoms with E-state index in [1.807, 2.05) is 7.05 Å². The quantitative estimate of drug-likeness (QED) is 0.831. The van der Waals surface area contributed by atoms with Crippen molar-refractivity contribution in [3.63, 3.8) is 0 Å². The summed E-state index contributed by atoms with van der Waals surface area (Å²) in [5, 5.41) is 3.38. The van der Waals surface area contributed by atoms with Crippen molar-refractivity contribution in [1.82, 2.24) is 14.2 Å². The van der Waals surface area contributed by atoms with Gasteiger partial charge in [-0.05, 0) is 31.9 Å². The molecule has 5 nitrogen and oxygen atoms in total. The van der Waals surface area contributed by atoms with Crippen molar-refractivity contribution in [1.29, 1.82) is 0 Å². The van der Waals surface area contributed by atoms with Crippen LogP contribution in [0.1, 0.15) is 32.6 Å². The van der Waals surface area contributed by atoms with E-state index in [9.17, 15) is 8.42 Å². The van der Waals surface area contributed by atoms with Crippen LogP contribution in [0.25, 0.3) is 0 Å². The predicted molar refractivity (Wildman–Crippen MR) is 80.1 cm³/mol. The highest BCUT2D eigenvalue weighted by Gasteiger charge is 2.28. The summed E-state index contributed by atoms with van der Waals surface area (Å²) in [7, 11) is -1.53. The Morgan fingerprint density at radius 2 is 2.30 bits per heavy atom. The highest BCUT2D eigenvalue weighted by Crippen LogP contribution is 2.18. The van der Waals surface area contributed by atoms with Crippen molar-refractivity contribution in [3.8, 4) is 0 Å². The van der Waals surface area contributed by atoms with Gasteiger partial charge in [0.1, 0.15) is 0 Å². The van der Waals surface area contributed by atoms with Gasteiger partial charge in [-0.15, -0.1) is 0 Å². The highest BCUT2D eigenvalue weighted by molar-refractivity contribution is 7.89. The number of aromatic nitrogens is 1. The summed E-state index contributed by atoms with van der Waals surface area (Å²) in [4.78, 5) is 0.397.